The van der Waals surface area contributed by atoms with Crippen molar-refractivity contribution < 1.29 is 4.79 Å². The number of hydrazone groups is 1. The molecule has 0 N–H and O–H groups in total. The second-order valence-corrected chi connectivity index (χ2v) is 4.62. The molecular weight excluding hydrogens is 200 g/mol. The highest BCUT2D eigenvalue weighted by molar-refractivity contribution is 5.90. The van der Waals surface area contributed by atoms with Gasteiger partial charge in [-0.3, -0.25) is 4.79 Å². The van der Waals surface area contributed by atoms with Crippen LogP contribution in [0.4, 0.5) is 0 Å². The van der Waals surface area contributed by atoms with Gasteiger partial charge in [0.15, 0.2) is 0 Å². The van der Waals surface area contributed by atoms with Gasteiger partial charge in [0.05, 0.1) is 0 Å². The van der Waals surface area contributed by atoms with E-state index in [4.69, 9.17) is 0 Å². The fraction of sp³-hybridized carbons (Fsp3) is 0.846. The van der Waals surface area contributed by atoms with E-state index < -0.39 is 0 Å². The molecule has 1 rings (SSSR count). The number of rotatable bonds is 7. The summed E-state index contributed by atoms with van der Waals surface area (Å²) >= 11 is 0. The van der Waals surface area contributed by atoms with Gasteiger partial charge in [-0.1, -0.05) is 39.0 Å². The van der Waals surface area contributed by atoms with E-state index in [9.17, 15) is 4.79 Å². The zero-order valence-corrected chi connectivity index (χ0v) is 10.7. The summed E-state index contributed by atoms with van der Waals surface area (Å²) in [7, 11) is 0. The number of carbonyl (C=O) groups is 1. The first-order valence-corrected chi connectivity index (χ1v) is 6.58. The van der Waals surface area contributed by atoms with Crippen LogP contribution in [0.5, 0.6) is 0 Å². The lowest BCUT2D eigenvalue weighted by Gasteiger charge is -2.22. The van der Waals surface area contributed by atoms with Gasteiger partial charge in [-0.2, -0.15) is 5.10 Å². The average molecular weight is 224 g/mol. The van der Waals surface area contributed by atoms with Gasteiger partial charge in [0.1, 0.15) is 0 Å². The minimum Gasteiger partial charge on any atom is -0.273 e. The molecule has 0 radical (unpaired) electrons. The van der Waals surface area contributed by atoms with E-state index in [0.717, 1.165) is 25.1 Å². The molecule has 0 saturated carbocycles. The lowest BCUT2D eigenvalue weighted by Crippen LogP contribution is -2.31. The summed E-state index contributed by atoms with van der Waals surface area (Å²) in [4.78, 5) is 11.5. The van der Waals surface area contributed by atoms with Gasteiger partial charge in [-0.25, -0.2) is 5.01 Å². The highest BCUT2D eigenvalue weighted by Gasteiger charge is 2.17. The predicted molar refractivity (Wildman–Crippen MR) is 67.4 cm³/mol. The van der Waals surface area contributed by atoms with Gasteiger partial charge in [0.2, 0.25) is 5.91 Å². The van der Waals surface area contributed by atoms with Gasteiger partial charge in [0.25, 0.3) is 0 Å². The lowest BCUT2D eigenvalue weighted by atomic mass is 10.1. The monoisotopic (exact) mass is 224 g/mol. The predicted octanol–water partition coefficient (Wildman–Crippen LogP) is 3.35. The number of nitrogens with zero attached hydrogens (tertiary/aromatic N) is 2. The Morgan fingerprint density at radius 3 is 2.56 bits per heavy atom. The van der Waals surface area contributed by atoms with E-state index in [2.05, 4.69) is 12.0 Å². The molecule has 0 aromatic heterocycles. The van der Waals surface area contributed by atoms with E-state index in [-0.39, 0.29) is 5.91 Å². The average Bonchev–Trinajstić information content (AvgIpc) is 2.28. The molecule has 3 heteroatoms. The Bertz CT molecular complexity index is 248. The summed E-state index contributed by atoms with van der Waals surface area (Å²) in [5, 5.41) is 5.96. The van der Waals surface area contributed by atoms with E-state index in [0.29, 0.717) is 6.42 Å². The molecule has 1 heterocycles. The first kappa shape index (κ1) is 13.2. The Hall–Kier alpha value is -0.860. The van der Waals surface area contributed by atoms with Gasteiger partial charge in [0, 0.05) is 18.7 Å². The molecular formula is C13H24N2O. The maximum Gasteiger partial charge on any atom is 0.243 e. The Balaban J connectivity index is 2.12. The number of amides is 1. The topological polar surface area (TPSA) is 32.7 Å². The fourth-order valence-electron chi connectivity index (χ4n) is 1.95. The van der Waals surface area contributed by atoms with Gasteiger partial charge in [-0.05, 0) is 19.8 Å². The summed E-state index contributed by atoms with van der Waals surface area (Å²) < 4.78 is 0. The number of carbonyl (C=O) groups excluding carboxylic acids is 1. The molecule has 1 aliphatic heterocycles. The van der Waals surface area contributed by atoms with Crippen LogP contribution >= 0.6 is 0 Å². The van der Waals surface area contributed by atoms with Gasteiger partial charge >= 0.3 is 0 Å². The normalized spacial score (nSPS) is 16.5. The Morgan fingerprint density at radius 1 is 1.12 bits per heavy atom. The molecule has 0 saturated heterocycles. The third-order valence-corrected chi connectivity index (χ3v) is 3.00. The molecule has 0 atom stereocenters. The van der Waals surface area contributed by atoms with Crippen molar-refractivity contribution in [2.75, 3.05) is 6.54 Å². The lowest BCUT2D eigenvalue weighted by molar-refractivity contribution is -0.131. The first-order chi connectivity index (χ1) is 7.74. The van der Waals surface area contributed by atoms with Crippen LogP contribution in [0.1, 0.15) is 65.2 Å². The summed E-state index contributed by atoms with van der Waals surface area (Å²) in [5.74, 6) is 0.194. The van der Waals surface area contributed by atoms with Gasteiger partial charge in [-0.15, -0.1) is 0 Å². The summed E-state index contributed by atoms with van der Waals surface area (Å²) in [6, 6.07) is 0. The summed E-state index contributed by atoms with van der Waals surface area (Å²) in [5.41, 5.74) is 1.09. The summed E-state index contributed by atoms with van der Waals surface area (Å²) in [6.07, 6.45) is 9.03. The number of hydrogen-bond donors (Lipinski definition) is 0. The van der Waals surface area contributed by atoms with Crippen molar-refractivity contribution in [1.82, 2.24) is 5.01 Å². The second kappa shape index (κ2) is 7.42. The van der Waals surface area contributed by atoms with E-state index in [1.165, 1.54) is 32.1 Å². The van der Waals surface area contributed by atoms with Crippen molar-refractivity contribution >= 4 is 11.6 Å². The standard InChI is InChI=1S/C13H24N2O/c1-3-4-5-6-7-8-11-15-13(16)10-9-12(2)14-15/h3-11H2,1-2H3. The maximum absolute atomic E-state index is 11.5. The Labute approximate surface area is 98.9 Å². The van der Waals surface area contributed by atoms with Crippen LogP contribution in [-0.2, 0) is 4.79 Å². The quantitative estimate of drug-likeness (QED) is 0.610. The SMILES string of the molecule is CCCCCCCCN1N=C(C)CCC1=O. The van der Waals surface area contributed by atoms with E-state index >= 15 is 0 Å². The third-order valence-electron chi connectivity index (χ3n) is 3.00. The molecule has 3 nitrogen and oxygen atoms in total. The van der Waals surface area contributed by atoms with Crippen LogP contribution in [0.15, 0.2) is 5.10 Å². The van der Waals surface area contributed by atoms with E-state index in [1.54, 1.807) is 5.01 Å². The molecule has 0 fully saturated rings. The highest BCUT2D eigenvalue weighted by Crippen LogP contribution is 2.11. The molecule has 0 aliphatic carbocycles. The molecule has 16 heavy (non-hydrogen) atoms. The minimum atomic E-state index is 0.194. The molecule has 1 amide bonds. The third kappa shape index (κ3) is 4.77. The maximum atomic E-state index is 11.5. The highest BCUT2D eigenvalue weighted by atomic mass is 16.2. The second-order valence-electron chi connectivity index (χ2n) is 4.62. The summed E-state index contributed by atoms with van der Waals surface area (Å²) in [6.45, 7) is 5.03. The van der Waals surface area contributed by atoms with Crippen molar-refractivity contribution in [3.05, 3.63) is 0 Å². The smallest absolute Gasteiger partial charge is 0.243 e. The molecule has 92 valence electrons. The van der Waals surface area contributed by atoms with Crippen LogP contribution in [0.25, 0.3) is 0 Å². The van der Waals surface area contributed by atoms with Gasteiger partial charge < -0.3 is 0 Å². The first-order valence-electron chi connectivity index (χ1n) is 6.58. The van der Waals surface area contributed by atoms with E-state index in [1.807, 2.05) is 6.92 Å². The zero-order chi connectivity index (χ0) is 11.8. The molecule has 0 unspecified atom stereocenters. The molecule has 1 aliphatic rings. The van der Waals surface area contributed by atoms with Crippen molar-refractivity contribution in [3.8, 4) is 0 Å². The van der Waals surface area contributed by atoms with Crippen molar-refractivity contribution in [2.24, 2.45) is 5.10 Å². The minimum absolute atomic E-state index is 0.194. The van der Waals surface area contributed by atoms with Crippen LogP contribution in [0, 0.1) is 0 Å². The fourth-order valence-corrected chi connectivity index (χ4v) is 1.95. The molecule has 0 bridgehead atoms. The molecule has 0 aromatic rings. The molecule has 0 aromatic carbocycles. The van der Waals surface area contributed by atoms with Crippen LogP contribution in [0.2, 0.25) is 0 Å². The van der Waals surface area contributed by atoms with Crippen LogP contribution < -0.4 is 0 Å². The zero-order valence-electron chi connectivity index (χ0n) is 10.7. The number of hydrogen-bond acceptors (Lipinski definition) is 2. The Kier molecular flexibility index (Phi) is 6.12. The largest absolute Gasteiger partial charge is 0.273 e. The van der Waals surface area contributed by atoms with Crippen molar-refractivity contribution in [3.63, 3.8) is 0 Å². The molecule has 0 spiro atoms. The van der Waals surface area contributed by atoms with Crippen molar-refractivity contribution in [1.29, 1.82) is 0 Å². The van der Waals surface area contributed by atoms with Crippen molar-refractivity contribution in [2.45, 2.75) is 65.2 Å². The van der Waals surface area contributed by atoms with Crippen LogP contribution in [-0.4, -0.2) is 23.2 Å². The Morgan fingerprint density at radius 2 is 1.81 bits per heavy atom. The van der Waals surface area contributed by atoms with Crippen LogP contribution in [0.3, 0.4) is 0 Å². The number of unbranched alkanes of at least 4 members (excludes halogenated alkanes) is 5.